The van der Waals surface area contributed by atoms with Gasteiger partial charge in [0.15, 0.2) is 5.16 Å². The van der Waals surface area contributed by atoms with E-state index in [0.29, 0.717) is 49.4 Å². The zero-order valence-corrected chi connectivity index (χ0v) is 19.9. The minimum atomic E-state index is -0.198. The first-order valence-electron chi connectivity index (χ1n) is 10.5. The molecule has 2 aromatic carbocycles. The summed E-state index contributed by atoms with van der Waals surface area (Å²) in [6.07, 6.45) is 0. The quantitative estimate of drug-likeness (QED) is 0.271. The van der Waals surface area contributed by atoms with Gasteiger partial charge in [-0.05, 0) is 47.8 Å². The first-order chi connectivity index (χ1) is 17.1. The number of benzene rings is 2. The summed E-state index contributed by atoms with van der Waals surface area (Å²) in [6.45, 7) is 0. The number of aromatic nitrogens is 6. The van der Waals surface area contributed by atoms with Crippen LogP contribution in [-0.4, -0.2) is 28.7 Å². The second-order valence-electron chi connectivity index (χ2n) is 7.75. The zero-order valence-electron chi connectivity index (χ0n) is 18.2. The Morgan fingerprint density at radius 2 is 1.83 bits per heavy atom. The highest BCUT2D eigenvalue weighted by Gasteiger charge is 2.18. The number of thioether (sulfide) groups is 1. The van der Waals surface area contributed by atoms with E-state index in [-0.39, 0.29) is 11.1 Å². The molecule has 170 valence electrons. The van der Waals surface area contributed by atoms with Crippen LogP contribution in [0.5, 0.6) is 0 Å². The molecule has 0 amide bonds. The minimum absolute atomic E-state index is 0.111. The maximum atomic E-state index is 13.5. The molecule has 4 heterocycles. The number of nitriles is 1. The third-order valence-corrected chi connectivity index (χ3v) is 7.55. The Morgan fingerprint density at radius 1 is 1.03 bits per heavy atom. The highest BCUT2D eigenvalue weighted by atomic mass is 32.2. The second-order valence-corrected chi connectivity index (χ2v) is 9.61. The number of thiophene rings is 1. The van der Waals surface area contributed by atoms with E-state index in [9.17, 15) is 9.59 Å². The Kier molecular flexibility index (Phi) is 4.98. The molecule has 0 unspecified atom stereocenters. The van der Waals surface area contributed by atoms with Crippen molar-refractivity contribution in [3.63, 3.8) is 0 Å². The molecule has 0 aliphatic carbocycles. The maximum Gasteiger partial charge on any atom is 0.272 e. The van der Waals surface area contributed by atoms with Gasteiger partial charge in [0.1, 0.15) is 10.5 Å². The van der Waals surface area contributed by atoms with Gasteiger partial charge in [0, 0.05) is 7.05 Å². The number of aryl methyl sites for hydroxylation is 1. The summed E-state index contributed by atoms with van der Waals surface area (Å²) in [4.78, 5) is 30.9. The lowest BCUT2D eigenvalue weighted by molar-refractivity contribution is 0.818. The number of fused-ring (bicyclic) bond motifs is 4. The third kappa shape index (κ3) is 3.34. The van der Waals surface area contributed by atoms with Crippen molar-refractivity contribution >= 4 is 50.0 Å². The molecule has 35 heavy (non-hydrogen) atoms. The molecule has 11 heteroatoms. The standard InChI is InChI=1S/C24H15N7O2S2/c1-29-22(33)20-18(10-11-34-20)31-19(27-28-23(29)31)13-35-24-26-17-5-3-2-4-16(17)21(32)30(24)15-8-6-14(12-25)7-9-15/h2-11H,13H2,1H3. The van der Waals surface area contributed by atoms with Crippen molar-refractivity contribution in [1.82, 2.24) is 28.7 Å². The van der Waals surface area contributed by atoms with E-state index in [0.717, 1.165) is 5.52 Å². The first kappa shape index (κ1) is 21.3. The molecular formula is C24H15N7O2S2. The van der Waals surface area contributed by atoms with Gasteiger partial charge in [0.25, 0.3) is 11.1 Å². The van der Waals surface area contributed by atoms with Crippen LogP contribution in [0.15, 0.2) is 74.7 Å². The fourth-order valence-corrected chi connectivity index (χ4v) is 5.77. The Morgan fingerprint density at radius 3 is 2.63 bits per heavy atom. The van der Waals surface area contributed by atoms with Crippen LogP contribution in [0.3, 0.4) is 0 Å². The van der Waals surface area contributed by atoms with Crippen molar-refractivity contribution < 1.29 is 0 Å². The highest BCUT2D eigenvalue weighted by Crippen LogP contribution is 2.26. The second kappa shape index (κ2) is 8.19. The average molecular weight is 498 g/mol. The highest BCUT2D eigenvalue weighted by molar-refractivity contribution is 7.98. The fourth-order valence-electron chi connectivity index (χ4n) is 4.00. The van der Waals surface area contributed by atoms with Crippen LogP contribution in [0, 0.1) is 11.3 Å². The molecule has 6 rings (SSSR count). The Balaban J connectivity index is 1.50. The smallest absolute Gasteiger partial charge is 0.272 e. The molecule has 0 saturated heterocycles. The molecule has 0 fully saturated rings. The zero-order chi connectivity index (χ0) is 24.1. The Hall–Kier alpha value is -4.27. The summed E-state index contributed by atoms with van der Waals surface area (Å²) in [5, 5.41) is 20.6. The molecular weight excluding hydrogens is 482 g/mol. The van der Waals surface area contributed by atoms with Crippen LogP contribution < -0.4 is 11.1 Å². The fraction of sp³-hybridized carbons (Fsp3) is 0.0833. The molecule has 4 aromatic heterocycles. The van der Waals surface area contributed by atoms with Crippen LogP contribution in [0.25, 0.3) is 32.6 Å². The molecule has 0 N–H and O–H groups in total. The van der Waals surface area contributed by atoms with E-state index in [1.54, 1.807) is 54.1 Å². The topological polar surface area (TPSA) is 111 Å². The Bertz CT molecular complexity index is 1920. The molecule has 9 nitrogen and oxygen atoms in total. The molecule has 0 aliphatic rings. The number of hydrogen-bond acceptors (Lipinski definition) is 8. The maximum absolute atomic E-state index is 13.5. The number of para-hydroxylation sites is 1. The monoisotopic (exact) mass is 497 g/mol. The lowest BCUT2D eigenvalue weighted by Crippen LogP contribution is -2.22. The summed E-state index contributed by atoms with van der Waals surface area (Å²) in [5.41, 5.74) is 2.16. The predicted octanol–water partition coefficient (Wildman–Crippen LogP) is 3.51. The molecule has 0 bridgehead atoms. The van der Waals surface area contributed by atoms with Gasteiger partial charge < -0.3 is 0 Å². The molecule has 0 aliphatic heterocycles. The number of rotatable bonds is 4. The van der Waals surface area contributed by atoms with E-state index in [4.69, 9.17) is 10.2 Å². The van der Waals surface area contributed by atoms with Crippen LogP contribution in [-0.2, 0) is 12.8 Å². The Labute approximate surface area is 205 Å². The van der Waals surface area contributed by atoms with E-state index >= 15 is 0 Å². The molecule has 0 spiro atoms. The van der Waals surface area contributed by atoms with Gasteiger partial charge in [-0.25, -0.2) is 4.98 Å². The normalized spacial score (nSPS) is 11.4. The molecule has 0 saturated carbocycles. The van der Waals surface area contributed by atoms with Crippen molar-refractivity contribution in [2.24, 2.45) is 7.05 Å². The van der Waals surface area contributed by atoms with Crippen LogP contribution >= 0.6 is 23.1 Å². The van der Waals surface area contributed by atoms with Crippen LogP contribution in [0.1, 0.15) is 11.4 Å². The van der Waals surface area contributed by atoms with Gasteiger partial charge in [-0.2, -0.15) is 5.26 Å². The number of nitrogens with zero attached hydrogens (tertiary/aromatic N) is 7. The SMILES string of the molecule is Cn1c(=O)c2sccc2n2c(CSc3nc4ccccc4c(=O)n3-c3ccc(C#N)cc3)nnc12. The largest absolute Gasteiger partial charge is 0.279 e. The van der Waals surface area contributed by atoms with E-state index < -0.39 is 0 Å². The van der Waals surface area contributed by atoms with Gasteiger partial charge in [0.2, 0.25) is 5.78 Å². The van der Waals surface area contributed by atoms with E-state index in [1.165, 1.54) is 27.7 Å². The van der Waals surface area contributed by atoms with Crippen LogP contribution in [0.2, 0.25) is 0 Å². The lowest BCUT2D eigenvalue weighted by Gasteiger charge is -2.13. The summed E-state index contributed by atoms with van der Waals surface area (Å²) >= 11 is 2.73. The van der Waals surface area contributed by atoms with Crippen molar-refractivity contribution in [2.45, 2.75) is 10.9 Å². The predicted molar refractivity (Wildman–Crippen MR) is 135 cm³/mol. The van der Waals surface area contributed by atoms with Crippen molar-refractivity contribution in [2.75, 3.05) is 0 Å². The van der Waals surface area contributed by atoms with Gasteiger partial charge in [-0.3, -0.25) is 23.1 Å². The summed E-state index contributed by atoms with van der Waals surface area (Å²) < 4.78 is 5.53. The average Bonchev–Trinajstić information content (AvgIpc) is 3.54. The van der Waals surface area contributed by atoms with Crippen molar-refractivity contribution in [1.29, 1.82) is 5.26 Å². The molecule has 0 atom stereocenters. The van der Waals surface area contributed by atoms with Gasteiger partial charge in [0.05, 0.1) is 39.5 Å². The number of hydrogen-bond donors (Lipinski definition) is 0. The van der Waals surface area contributed by atoms with Gasteiger partial charge >= 0.3 is 0 Å². The third-order valence-electron chi connectivity index (χ3n) is 5.73. The summed E-state index contributed by atoms with van der Waals surface area (Å²) in [6, 6.07) is 18.0. The van der Waals surface area contributed by atoms with Gasteiger partial charge in [-0.15, -0.1) is 21.5 Å². The van der Waals surface area contributed by atoms with Crippen molar-refractivity contribution in [3.8, 4) is 11.8 Å². The summed E-state index contributed by atoms with van der Waals surface area (Å²) in [7, 11) is 1.68. The van der Waals surface area contributed by atoms with Crippen molar-refractivity contribution in [3.05, 3.63) is 92.1 Å². The van der Waals surface area contributed by atoms with Gasteiger partial charge in [-0.1, -0.05) is 23.9 Å². The minimum Gasteiger partial charge on any atom is -0.279 e. The van der Waals surface area contributed by atoms with E-state index in [2.05, 4.69) is 16.3 Å². The first-order valence-corrected chi connectivity index (χ1v) is 12.4. The molecule has 6 aromatic rings. The van der Waals surface area contributed by atoms with E-state index in [1.807, 2.05) is 21.9 Å². The summed E-state index contributed by atoms with van der Waals surface area (Å²) in [5.74, 6) is 1.45. The molecule has 0 radical (unpaired) electrons. The van der Waals surface area contributed by atoms with Crippen LogP contribution in [0.4, 0.5) is 0 Å². The lowest BCUT2D eigenvalue weighted by atomic mass is 10.2.